The minimum Gasteiger partial charge on any atom is -0.385 e. The topological polar surface area (TPSA) is 54.0 Å². The number of rotatable bonds is 5. The Morgan fingerprint density at radius 2 is 2.28 bits per heavy atom. The average molecular weight is 247 g/mol. The van der Waals surface area contributed by atoms with Gasteiger partial charge in [-0.25, -0.2) is 0 Å². The van der Waals surface area contributed by atoms with Crippen LogP contribution in [-0.4, -0.2) is 23.5 Å². The highest BCUT2D eigenvalue weighted by atomic mass is 16.1. The fourth-order valence-corrected chi connectivity index (χ4v) is 2.08. The van der Waals surface area contributed by atoms with Gasteiger partial charge in [0.25, 0.3) is 5.91 Å². The Morgan fingerprint density at radius 1 is 1.56 bits per heavy atom. The number of hydrogen-bond acceptors (Lipinski definition) is 3. The van der Waals surface area contributed by atoms with Gasteiger partial charge in [-0.3, -0.25) is 9.78 Å². The summed E-state index contributed by atoms with van der Waals surface area (Å²) in [6, 6.07) is 2.17. The number of amides is 1. The molecule has 2 rings (SSSR count). The molecule has 1 unspecified atom stereocenters. The standard InChI is InChI=1S/C14H21N3O/c1-4-15-13-7-9(2)16-8-12(13)14(18)17-10(3)11-5-6-11/h7-8,10-11H,4-6H2,1-3H3,(H,15,16)(H,17,18). The van der Waals surface area contributed by atoms with Gasteiger partial charge in [-0.2, -0.15) is 0 Å². The van der Waals surface area contributed by atoms with E-state index in [1.54, 1.807) is 6.20 Å². The van der Waals surface area contributed by atoms with Gasteiger partial charge in [-0.05, 0) is 45.6 Å². The van der Waals surface area contributed by atoms with Crippen LogP contribution in [0, 0.1) is 12.8 Å². The van der Waals surface area contributed by atoms with Crippen LogP contribution in [0.5, 0.6) is 0 Å². The van der Waals surface area contributed by atoms with Crippen molar-refractivity contribution in [2.24, 2.45) is 5.92 Å². The van der Waals surface area contributed by atoms with Crippen molar-refractivity contribution in [3.05, 3.63) is 23.5 Å². The normalized spacial score (nSPS) is 16.2. The number of carbonyl (C=O) groups excluding carboxylic acids is 1. The molecule has 1 amide bonds. The van der Waals surface area contributed by atoms with Gasteiger partial charge in [0.1, 0.15) is 0 Å². The molecule has 1 aliphatic carbocycles. The van der Waals surface area contributed by atoms with Crippen molar-refractivity contribution in [1.29, 1.82) is 0 Å². The summed E-state index contributed by atoms with van der Waals surface area (Å²) in [5.41, 5.74) is 2.41. The Morgan fingerprint density at radius 3 is 2.89 bits per heavy atom. The SMILES string of the molecule is CCNc1cc(C)ncc1C(=O)NC(C)C1CC1. The molecule has 98 valence electrons. The minimum absolute atomic E-state index is 0.0298. The zero-order valence-electron chi connectivity index (χ0n) is 11.3. The third kappa shape index (κ3) is 3.00. The number of carbonyl (C=O) groups is 1. The van der Waals surface area contributed by atoms with Crippen molar-refractivity contribution >= 4 is 11.6 Å². The number of pyridine rings is 1. The lowest BCUT2D eigenvalue weighted by molar-refractivity contribution is 0.0936. The molecule has 1 fully saturated rings. The lowest BCUT2D eigenvalue weighted by Crippen LogP contribution is -2.34. The van der Waals surface area contributed by atoms with E-state index in [0.29, 0.717) is 11.5 Å². The summed E-state index contributed by atoms with van der Waals surface area (Å²) in [6.45, 7) is 6.81. The van der Waals surface area contributed by atoms with Gasteiger partial charge in [-0.1, -0.05) is 0 Å². The zero-order valence-corrected chi connectivity index (χ0v) is 11.3. The van der Waals surface area contributed by atoms with E-state index in [1.165, 1.54) is 12.8 Å². The van der Waals surface area contributed by atoms with Gasteiger partial charge in [0.05, 0.1) is 11.3 Å². The van der Waals surface area contributed by atoms with Crippen molar-refractivity contribution in [3.63, 3.8) is 0 Å². The molecule has 0 spiro atoms. The van der Waals surface area contributed by atoms with Gasteiger partial charge in [0, 0.05) is 24.5 Å². The predicted octanol–water partition coefficient (Wildman–Crippen LogP) is 2.35. The first-order valence-electron chi connectivity index (χ1n) is 6.63. The third-order valence-corrected chi connectivity index (χ3v) is 3.34. The van der Waals surface area contributed by atoms with Crippen molar-refractivity contribution in [1.82, 2.24) is 10.3 Å². The second-order valence-electron chi connectivity index (χ2n) is 5.00. The van der Waals surface area contributed by atoms with Gasteiger partial charge >= 0.3 is 0 Å². The maximum absolute atomic E-state index is 12.2. The second-order valence-corrected chi connectivity index (χ2v) is 5.00. The molecule has 0 aliphatic heterocycles. The van der Waals surface area contributed by atoms with Crippen LogP contribution in [0.3, 0.4) is 0 Å². The zero-order chi connectivity index (χ0) is 13.1. The second kappa shape index (κ2) is 5.38. The summed E-state index contributed by atoms with van der Waals surface area (Å²) in [6.07, 6.45) is 4.11. The third-order valence-electron chi connectivity index (χ3n) is 3.34. The number of aryl methyl sites for hydroxylation is 1. The summed E-state index contributed by atoms with van der Waals surface area (Å²) in [7, 11) is 0. The predicted molar refractivity (Wildman–Crippen MR) is 72.8 cm³/mol. The minimum atomic E-state index is -0.0298. The number of anilines is 1. The van der Waals surface area contributed by atoms with E-state index in [-0.39, 0.29) is 11.9 Å². The van der Waals surface area contributed by atoms with Crippen molar-refractivity contribution in [2.75, 3.05) is 11.9 Å². The Labute approximate surface area is 108 Å². The Kier molecular flexibility index (Phi) is 3.84. The molecule has 1 atom stereocenters. The molecule has 1 saturated carbocycles. The molecule has 0 bridgehead atoms. The lowest BCUT2D eigenvalue weighted by atomic mass is 10.1. The van der Waals surface area contributed by atoms with Gasteiger partial charge < -0.3 is 10.6 Å². The van der Waals surface area contributed by atoms with Crippen LogP contribution in [0.15, 0.2) is 12.3 Å². The largest absolute Gasteiger partial charge is 0.385 e. The first kappa shape index (κ1) is 12.9. The van der Waals surface area contributed by atoms with E-state index >= 15 is 0 Å². The first-order chi connectivity index (χ1) is 8.61. The molecule has 18 heavy (non-hydrogen) atoms. The Bertz CT molecular complexity index is 441. The quantitative estimate of drug-likeness (QED) is 0.839. The van der Waals surface area contributed by atoms with Crippen molar-refractivity contribution < 1.29 is 4.79 Å². The molecule has 1 heterocycles. The molecule has 1 aromatic heterocycles. The Hall–Kier alpha value is -1.58. The summed E-state index contributed by atoms with van der Waals surface area (Å²) in [5.74, 6) is 0.632. The molecule has 2 N–H and O–H groups in total. The maximum Gasteiger partial charge on any atom is 0.255 e. The molecule has 0 aromatic carbocycles. The first-order valence-corrected chi connectivity index (χ1v) is 6.63. The number of hydrogen-bond donors (Lipinski definition) is 2. The fraction of sp³-hybridized carbons (Fsp3) is 0.571. The maximum atomic E-state index is 12.2. The van der Waals surface area contributed by atoms with Crippen LogP contribution < -0.4 is 10.6 Å². The van der Waals surface area contributed by atoms with Crippen LogP contribution in [-0.2, 0) is 0 Å². The molecule has 0 radical (unpaired) electrons. The smallest absolute Gasteiger partial charge is 0.255 e. The molecule has 4 nitrogen and oxygen atoms in total. The van der Waals surface area contributed by atoms with Gasteiger partial charge in [0.2, 0.25) is 0 Å². The van der Waals surface area contributed by atoms with Crippen LogP contribution >= 0.6 is 0 Å². The van der Waals surface area contributed by atoms with E-state index < -0.39 is 0 Å². The molecular weight excluding hydrogens is 226 g/mol. The van der Waals surface area contributed by atoms with Crippen LogP contribution in [0.2, 0.25) is 0 Å². The lowest BCUT2D eigenvalue weighted by Gasteiger charge is -2.15. The van der Waals surface area contributed by atoms with Gasteiger partial charge in [0.15, 0.2) is 0 Å². The number of aromatic nitrogens is 1. The summed E-state index contributed by atoms with van der Waals surface area (Å²) >= 11 is 0. The highest BCUT2D eigenvalue weighted by Gasteiger charge is 2.29. The van der Waals surface area contributed by atoms with E-state index in [1.807, 2.05) is 19.9 Å². The van der Waals surface area contributed by atoms with Crippen molar-refractivity contribution in [3.8, 4) is 0 Å². The van der Waals surface area contributed by atoms with Crippen LogP contribution in [0.4, 0.5) is 5.69 Å². The molecule has 1 aliphatic rings. The molecule has 0 saturated heterocycles. The highest BCUT2D eigenvalue weighted by molar-refractivity contribution is 5.99. The van der Waals surface area contributed by atoms with Crippen molar-refractivity contribution in [2.45, 2.75) is 39.7 Å². The number of nitrogens with one attached hydrogen (secondary N) is 2. The highest BCUT2D eigenvalue weighted by Crippen LogP contribution is 2.32. The fourth-order valence-electron chi connectivity index (χ4n) is 2.08. The van der Waals surface area contributed by atoms with E-state index in [0.717, 1.165) is 17.9 Å². The molecule has 1 aromatic rings. The molecule has 4 heteroatoms. The molecular formula is C14H21N3O. The summed E-state index contributed by atoms with van der Waals surface area (Å²) in [5, 5.41) is 6.27. The van der Waals surface area contributed by atoms with Crippen LogP contribution in [0.1, 0.15) is 42.7 Å². The number of nitrogens with zero attached hydrogens (tertiary/aromatic N) is 1. The van der Waals surface area contributed by atoms with Crippen LogP contribution in [0.25, 0.3) is 0 Å². The monoisotopic (exact) mass is 247 g/mol. The van der Waals surface area contributed by atoms with E-state index in [9.17, 15) is 4.79 Å². The Balaban J connectivity index is 2.12. The van der Waals surface area contributed by atoms with E-state index in [2.05, 4.69) is 22.5 Å². The van der Waals surface area contributed by atoms with E-state index in [4.69, 9.17) is 0 Å². The summed E-state index contributed by atoms with van der Waals surface area (Å²) in [4.78, 5) is 16.4. The summed E-state index contributed by atoms with van der Waals surface area (Å²) < 4.78 is 0. The van der Waals surface area contributed by atoms with Gasteiger partial charge in [-0.15, -0.1) is 0 Å². The average Bonchev–Trinajstić information content (AvgIpc) is 3.13.